The Kier molecular flexibility index (Phi) is 12.0. The first kappa shape index (κ1) is 41.0. The molecule has 0 unspecified atom stereocenters. The smallest absolute Gasteiger partial charge is 0.543 e. The Labute approximate surface area is 331 Å². The summed E-state index contributed by atoms with van der Waals surface area (Å²) in [6.45, 7) is 6.51. The molecule has 0 spiro atoms. The molecule has 17 heteroatoms. The Balaban J connectivity index is 0.00000541. The normalized spacial score (nSPS) is 28.7. The minimum absolute atomic E-state index is 0. The minimum Gasteiger partial charge on any atom is -0.543 e. The maximum absolute atomic E-state index is 14.4. The molecule has 2 aliphatic carbocycles. The SMILES string of the molecule is CC(C)(C)OC(=O)N[C@H]1CCCCC/C=C\[C@@H]2C[C@@]2(C(=O)[N-]S(=O)(=O)C2(C)CC2)NC(=O)[C@@H]2C[C@@H](OC(=O)N3Cc4cccc(F)c4C3)CN2C1=O.[Na+]. The van der Waals surface area contributed by atoms with Crippen molar-refractivity contribution in [3.8, 4) is 0 Å². The molecule has 3 fully saturated rings. The number of nitrogens with zero attached hydrogens (tertiary/aromatic N) is 3. The first-order valence-electron chi connectivity index (χ1n) is 17.9. The first-order valence-corrected chi connectivity index (χ1v) is 19.4. The standard InChI is InChI=1S/C36H48FN5O9S.Na/c1-34(2,3)51-32(46)38-27-14-9-7-5-6-8-12-23-18-36(23,31(45)40-52(48,49)35(4)15-16-35)39-29(43)28-17-24(20-42(28)30(27)44)50-33(47)41-19-22-11-10-13-26(37)25(22)21-41;/h8,10-13,23-24,27-28H,5-7,9,14-21H2,1-4H3,(H3,38,39,40,43,45,46);/q;+1/p-1/b12-8-;/t23-,24-,27+,28+,36-;/m1./s1. The molecule has 1 saturated heterocycles. The number of hydrogen-bond donors (Lipinski definition) is 2. The third-order valence-corrected chi connectivity index (χ3v) is 12.6. The van der Waals surface area contributed by atoms with Gasteiger partial charge in [0.05, 0.1) is 29.3 Å². The van der Waals surface area contributed by atoms with Gasteiger partial charge in [-0.3, -0.25) is 14.5 Å². The second-order valence-electron chi connectivity index (χ2n) is 15.8. The fourth-order valence-corrected chi connectivity index (χ4v) is 8.28. The number of alkyl carbamates (subject to hydrolysis) is 1. The second kappa shape index (κ2) is 15.5. The van der Waals surface area contributed by atoms with Crippen molar-refractivity contribution in [1.82, 2.24) is 20.4 Å². The van der Waals surface area contributed by atoms with Gasteiger partial charge in [-0.25, -0.2) is 22.4 Å². The van der Waals surface area contributed by atoms with Gasteiger partial charge in [-0.1, -0.05) is 37.1 Å². The van der Waals surface area contributed by atoms with E-state index in [1.54, 1.807) is 39.0 Å². The number of rotatable bonds is 5. The molecule has 0 radical (unpaired) electrons. The van der Waals surface area contributed by atoms with Gasteiger partial charge in [0.15, 0.2) is 0 Å². The van der Waals surface area contributed by atoms with Crippen molar-refractivity contribution in [1.29, 1.82) is 0 Å². The number of allylic oxidation sites excluding steroid dienone is 1. The van der Waals surface area contributed by atoms with Crippen molar-refractivity contribution in [2.24, 2.45) is 5.92 Å². The molecule has 1 aromatic rings. The summed E-state index contributed by atoms with van der Waals surface area (Å²) in [5, 5.41) is 5.42. The second-order valence-corrected chi connectivity index (χ2v) is 18.0. The third-order valence-electron chi connectivity index (χ3n) is 10.5. The van der Waals surface area contributed by atoms with Gasteiger partial charge in [0, 0.05) is 24.4 Å². The van der Waals surface area contributed by atoms with E-state index in [4.69, 9.17) is 9.47 Å². The van der Waals surface area contributed by atoms with E-state index in [1.165, 1.54) is 22.8 Å². The molecule has 2 saturated carbocycles. The summed E-state index contributed by atoms with van der Waals surface area (Å²) < 4.78 is 54.2. The van der Waals surface area contributed by atoms with Crippen LogP contribution in [0.25, 0.3) is 4.72 Å². The van der Waals surface area contributed by atoms with E-state index in [1.807, 2.05) is 6.08 Å². The predicted octanol–water partition coefficient (Wildman–Crippen LogP) is 1.32. The summed E-state index contributed by atoms with van der Waals surface area (Å²) in [5.74, 6) is -3.28. The Hall–Kier alpha value is -3.21. The molecule has 3 aliphatic heterocycles. The average Bonchev–Trinajstić information content (AvgIpc) is 3.84. The summed E-state index contributed by atoms with van der Waals surface area (Å²) in [7, 11) is -4.14. The predicted molar refractivity (Wildman–Crippen MR) is 185 cm³/mol. The van der Waals surface area contributed by atoms with Crippen molar-refractivity contribution >= 4 is 39.9 Å². The van der Waals surface area contributed by atoms with Crippen molar-refractivity contribution < 1.29 is 75.8 Å². The van der Waals surface area contributed by atoms with E-state index < -0.39 is 85.7 Å². The molecule has 2 N–H and O–H groups in total. The Morgan fingerprint density at radius 3 is 2.51 bits per heavy atom. The number of carbonyl (C=O) groups is 5. The number of nitrogens with one attached hydrogen (secondary N) is 2. The molecule has 0 bridgehead atoms. The molecule has 53 heavy (non-hydrogen) atoms. The van der Waals surface area contributed by atoms with E-state index in [9.17, 15) is 36.8 Å². The number of benzene rings is 1. The van der Waals surface area contributed by atoms with E-state index in [2.05, 4.69) is 15.4 Å². The summed E-state index contributed by atoms with van der Waals surface area (Å²) in [4.78, 5) is 71.0. The molecule has 5 aliphatic rings. The van der Waals surface area contributed by atoms with Crippen LogP contribution < -0.4 is 40.2 Å². The molecule has 14 nitrogen and oxygen atoms in total. The summed E-state index contributed by atoms with van der Waals surface area (Å²) in [5.41, 5.74) is -1.44. The van der Waals surface area contributed by atoms with Gasteiger partial charge in [-0.2, -0.15) is 0 Å². The molecule has 5 amide bonds. The number of amides is 5. The Bertz CT molecular complexity index is 1780. The molecule has 0 aromatic heterocycles. The molecule has 6 rings (SSSR count). The van der Waals surface area contributed by atoms with Crippen LogP contribution >= 0.6 is 0 Å². The van der Waals surface area contributed by atoms with Gasteiger partial charge in [0.1, 0.15) is 39.6 Å². The molecular formula is C36H47FN5NaO9S. The van der Waals surface area contributed by atoms with Crippen molar-refractivity contribution in [2.45, 2.75) is 133 Å². The van der Waals surface area contributed by atoms with Gasteiger partial charge >= 0.3 is 41.7 Å². The zero-order valence-electron chi connectivity index (χ0n) is 31.0. The maximum atomic E-state index is 14.4. The van der Waals surface area contributed by atoms with Crippen LogP contribution in [0.15, 0.2) is 30.4 Å². The van der Waals surface area contributed by atoms with Gasteiger partial charge in [0.2, 0.25) is 11.8 Å². The fraction of sp³-hybridized carbons (Fsp3) is 0.639. The Morgan fingerprint density at radius 2 is 1.83 bits per heavy atom. The number of fused-ring (bicyclic) bond motifs is 3. The quantitative estimate of drug-likeness (QED) is 0.330. The van der Waals surface area contributed by atoms with Gasteiger partial charge in [-0.15, -0.1) is 0 Å². The maximum Gasteiger partial charge on any atom is 1.00 e. The van der Waals surface area contributed by atoms with E-state index in [0.29, 0.717) is 43.2 Å². The van der Waals surface area contributed by atoms with Gasteiger partial charge < -0.3 is 34.5 Å². The van der Waals surface area contributed by atoms with Gasteiger partial charge in [-0.05, 0) is 77.8 Å². The van der Waals surface area contributed by atoms with Crippen LogP contribution in [0.1, 0.15) is 96.6 Å². The van der Waals surface area contributed by atoms with Gasteiger partial charge in [0.25, 0.3) is 0 Å². The summed E-state index contributed by atoms with van der Waals surface area (Å²) in [6, 6.07) is 2.26. The number of carbonyl (C=O) groups excluding carboxylic acids is 5. The molecule has 3 heterocycles. The van der Waals surface area contributed by atoms with Crippen LogP contribution in [-0.2, 0) is 47.0 Å². The number of halogens is 1. The molecule has 284 valence electrons. The number of sulfonamides is 1. The van der Waals surface area contributed by atoms with E-state index >= 15 is 0 Å². The number of hydrogen-bond acceptors (Lipinski definition) is 9. The van der Waals surface area contributed by atoms with E-state index in [-0.39, 0.29) is 68.5 Å². The summed E-state index contributed by atoms with van der Waals surface area (Å²) >= 11 is 0. The average molecular weight is 768 g/mol. The molecule has 5 atom stereocenters. The zero-order valence-corrected chi connectivity index (χ0v) is 33.8. The Morgan fingerprint density at radius 1 is 1.09 bits per heavy atom. The third kappa shape index (κ3) is 9.03. The first-order chi connectivity index (χ1) is 24.4. The van der Waals surface area contributed by atoms with Crippen LogP contribution in [0.2, 0.25) is 0 Å². The van der Waals surface area contributed by atoms with Crippen LogP contribution in [0, 0.1) is 11.7 Å². The summed E-state index contributed by atoms with van der Waals surface area (Å²) in [6.07, 6.45) is 4.81. The largest absolute Gasteiger partial charge is 1.00 e. The molecular weight excluding hydrogens is 720 g/mol. The monoisotopic (exact) mass is 767 g/mol. The van der Waals surface area contributed by atoms with Crippen LogP contribution in [-0.4, -0.2) is 88.7 Å². The molecule has 1 aromatic carbocycles. The van der Waals surface area contributed by atoms with Crippen LogP contribution in [0.4, 0.5) is 14.0 Å². The van der Waals surface area contributed by atoms with Crippen molar-refractivity contribution in [3.05, 3.63) is 52.0 Å². The van der Waals surface area contributed by atoms with E-state index in [0.717, 1.165) is 6.42 Å². The van der Waals surface area contributed by atoms with Crippen LogP contribution in [0.5, 0.6) is 0 Å². The van der Waals surface area contributed by atoms with Crippen LogP contribution in [0.3, 0.4) is 0 Å². The van der Waals surface area contributed by atoms with Crippen molar-refractivity contribution in [2.75, 3.05) is 6.54 Å². The fourth-order valence-electron chi connectivity index (χ4n) is 7.06. The zero-order chi connectivity index (χ0) is 37.6. The topological polar surface area (TPSA) is 183 Å². The number of ether oxygens (including phenoxy) is 2. The van der Waals surface area contributed by atoms with Crippen molar-refractivity contribution in [3.63, 3.8) is 0 Å². The minimum atomic E-state index is -4.14.